The molecular formula is C32H19BrO5. The van der Waals surface area contributed by atoms with Crippen molar-refractivity contribution in [3.8, 4) is 0 Å². The molecule has 0 unspecified atom stereocenters. The molecule has 0 aromatic heterocycles. The second-order valence-corrected chi connectivity index (χ2v) is 10.8. The summed E-state index contributed by atoms with van der Waals surface area (Å²) in [6, 6.07) is 29.3. The third-order valence-electron chi connectivity index (χ3n) is 8.14. The number of halogens is 1. The van der Waals surface area contributed by atoms with E-state index in [0.717, 1.165) is 4.47 Å². The number of ketones is 4. The molecule has 0 amide bonds. The van der Waals surface area contributed by atoms with E-state index >= 15 is 0 Å². The average Bonchev–Trinajstić information content (AvgIpc) is 3.48. The maximum atomic E-state index is 14.6. The highest BCUT2D eigenvalue weighted by Gasteiger charge is 2.79. The van der Waals surface area contributed by atoms with Gasteiger partial charge in [0.15, 0.2) is 11.6 Å². The molecular weight excluding hydrogens is 544 g/mol. The molecule has 1 heterocycles. The molecule has 2 atom stereocenters. The van der Waals surface area contributed by atoms with E-state index in [9.17, 15) is 19.2 Å². The van der Waals surface area contributed by atoms with Crippen LogP contribution in [0.2, 0.25) is 0 Å². The average molecular weight is 563 g/mol. The van der Waals surface area contributed by atoms with Crippen LogP contribution in [-0.4, -0.2) is 28.7 Å². The van der Waals surface area contributed by atoms with Crippen LogP contribution < -0.4 is 0 Å². The van der Waals surface area contributed by atoms with Crippen LogP contribution in [0.5, 0.6) is 0 Å². The first-order valence-corrected chi connectivity index (χ1v) is 13.1. The van der Waals surface area contributed by atoms with Gasteiger partial charge in [0.2, 0.25) is 17.2 Å². The van der Waals surface area contributed by atoms with Gasteiger partial charge in [-0.3, -0.25) is 19.2 Å². The molecule has 4 aromatic rings. The smallest absolute Gasteiger partial charge is 0.204 e. The minimum absolute atomic E-state index is 0.235. The van der Waals surface area contributed by atoms with Crippen molar-refractivity contribution < 1.29 is 23.9 Å². The lowest BCUT2D eigenvalue weighted by atomic mass is 9.60. The van der Waals surface area contributed by atoms with Crippen molar-refractivity contribution in [2.75, 3.05) is 0 Å². The highest BCUT2D eigenvalue weighted by Crippen LogP contribution is 2.67. The number of rotatable bonds is 2. The minimum Gasteiger partial charge on any atom is -0.348 e. The van der Waals surface area contributed by atoms with E-state index in [2.05, 4.69) is 15.9 Å². The van der Waals surface area contributed by atoms with Crippen molar-refractivity contribution in [3.05, 3.63) is 141 Å². The first-order valence-electron chi connectivity index (χ1n) is 12.3. The normalized spacial score (nSPS) is 22.3. The van der Waals surface area contributed by atoms with Crippen LogP contribution in [0, 0.1) is 5.41 Å². The van der Waals surface area contributed by atoms with Gasteiger partial charge in [-0.15, -0.1) is 0 Å². The molecule has 2 aliphatic carbocycles. The lowest BCUT2D eigenvalue weighted by molar-refractivity contribution is -0.0210. The highest BCUT2D eigenvalue weighted by molar-refractivity contribution is 9.10. The fourth-order valence-corrected chi connectivity index (χ4v) is 6.87. The summed E-state index contributed by atoms with van der Waals surface area (Å²) >= 11 is 3.45. The SMILES string of the molecule is O=C1c2ccccc2C(=O)C12O[C@H](c1ccccc1)C1(C(=O)c3ccccc3C1=O)[C@@H]2c1ccc(Br)cc1. The van der Waals surface area contributed by atoms with Crippen molar-refractivity contribution in [1.82, 2.24) is 0 Å². The van der Waals surface area contributed by atoms with Gasteiger partial charge in [0, 0.05) is 26.7 Å². The van der Waals surface area contributed by atoms with Gasteiger partial charge in [-0.05, 0) is 23.3 Å². The topological polar surface area (TPSA) is 77.5 Å². The first-order chi connectivity index (χ1) is 18.4. The molecule has 1 fully saturated rings. The van der Waals surface area contributed by atoms with Gasteiger partial charge < -0.3 is 4.74 Å². The second kappa shape index (κ2) is 8.00. The number of hydrogen-bond donors (Lipinski definition) is 0. The van der Waals surface area contributed by atoms with Crippen LogP contribution >= 0.6 is 15.9 Å². The summed E-state index contributed by atoms with van der Waals surface area (Å²) in [6.45, 7) is 0. The minimum atomic E-state index is -2.08. The summed E-state index contributed by atoms with van der Waals surface area (Å²) in [7, 11) is 0. The summed E-state index contributed by atoms with van der Waals surface area (Å²) in [6.07, 6.45) is -1.16. The predicted octanol–water partition coefficient (Wildman–Crippen LogP) is 6.19. The van der Waals surface area contributed by atoms with E-state index in [1.165, 1.54) is 0 Å². The summed E-state index contributed by atoms with van der Waals surface area (Å²) in [5.41, 5.74) is -1.85. The maximum absolute atomic E-state index is 14.6. The third-order valence-corrected chi connectivity index (χ3v) is 8.67. The van der Waals surface area contributed by atoms with Gasteiger partial charge in [0.05, 0.1) is 5.92 Å². The van der Waals surface area contributed by atoms with E-state index in [1.54, 1.807) is 97.1 Å². The number of ether oxygens (including phenoxy) is 1. The largest absolute Gasteiger partial charge is 0.348 e. The van der Waals surface area contributed by atoms with Gasteiger partial charge in [0.25, 0.3) is 0 Å². The molecule has 184 valence electrons. The number of fused-ring (bicyclic) bond motifs is 2. The maximum Gasteiger partial charge on any atom is 0.204 e. The lowest BCUT2D eigenvalue weighted by Gasteiger charge is -2.34. The molecule has 1 aliphatic heterocycles. The second-order valence-electron chi connectivity index (χ2n) is 9.91. The van der Waals surface area contributed by atoms with Crippen LogP contribution in [0.15, 0.2) is 108 Å². The Morgan fingerprint density at radius 2 is 0.974 bits per heavy atom. The lowest BCUT2D eigenvalue weighted by Crippen LogP contribution is -2.51. The molecule has 5 nitrogen and oxygen atoms in total. The Hall–Kier alpha value is -4.00. The number of Topliss-reactive ketones (excluding diaryl/α,β-unsaturated/α-hetero) is 4. The van der Waals surface area contributed by atoms with Crippen molar-refractivity contribution >= 4 is 39.1 Å². The van der Waals surface area contributed by atoms with Crippen LogP contribution in [0.4, 0.5) is 0 Å². The first kappa shape index (κ1) is 23.1. The molecule has 0 saturated carbocycles. The zero-order chi connectivity index (χ0) is 26.2. The molecule has 4 aromatic carbocycles. The van der Waals surface area contributed by atoms with Crippen LogP contribution in [0.25, 0.3) is 0 Å². The van der Waals surface area contributed by atoms with Crippen LogP contribution in [0.1, 0.15) is 64.6 Å². The molecule has 0 bridgehead atoms. The van der Waals surface area contributed by atoms with Gasteiger partial charge in [-0.1, -0.05) is 107 Å². The Morgan fingerprint density at radius 1 is 0.526 bits per heavy atom. The number of benzene rings is 4. The van der Waals surface area contributed by atoms with E-state index in [4.69, 9.17) is 4.74 Å². The Balaban J connectivity index is 1.59. The molecule has 7 rings (SSSR count). The summed E-state index contributed by atoms with van der Waals surface area (Å²) in [5, 5.41) is 0. The Bertz CT molecular complexity index is 1620. The van der Waals surface area contributed by atoms with Crippen LogP contribution in [-0.2, 0) is 4.74 Å². The molecule has 0 radical (unpaired) electrons. The van der Waals surface area contributed by atoms with Crippen molar-refractivity contribution in [2.45, 2.75) is 17.6 Å². The van der Waals surface area contributed by atoms with Gasteiger partial charge in [-0.2, -0.15) is 0 Å². The quantitative estimate of drug-likeness (QED) is 0.272. The molecule has 2 spiro atoms. The zero-order valence-electron chi connectivity index (χ0n) is 19.9. The van der Waals surface area contributed by atoms with Gasteiger partial charge >= 0.3 is 0 Å². The number of carbonyl (C=O) groups is 4. The fourth-order valence-electron chi connectivity index (χ4n) is 6.61. The Morgan fingerprint density at radius 3 is 1.47 bits per heavy atom. The van der Waals surface area contributed by atoms with E-state index in [0.29, 0.717) is 11.1 Å². The standard InChI is InChI=1S/C32H19BrO5/c33-20-16-14-18(15-17-20)25-31(26(34)21-10-4-5-11-22(21)27(31)35)30(19-8-2-1-3-9-19)38-32(25)28(36)23-12-6-7-13-24(23)29(32)37/h1-17,25,30H/t25-,30+/m0/s1. The molecule has 6 heteroatoms. The molecule has 1 saturated heterocycles. The Labute approximate surface area is 226 Å². The van der Waals surface area contributed by atoms with Gasteiger partial charge in [-0.25, -0.2) is 0 Å². The zero-order valence-corrected chi connectivity index (χ0v) is 21.5. The molecule has 3 aliphatic rings. The molecule has 38 heavy (non-hydrogen) atoms. The van der Waals surface area contributed by atoms with Crippen molar-refractivity contribution in [3.63, 3.8) is 0 Å². The monoisotopic (exact) mass is 562 g/mol. The van der Waals surface area contributed by atoms with E-state index < -0.39 is 46.2 Å². The fraction of sp³-hybridized carbons (Fsp3) is 0.125. The van der Waals surface area contributed by atoms with E-state index in [1.807, 2.05) is 6.07 Å². The van der Waals surface area contributed by atoms with Gasteiger partial charge in [0.1, 0.15) is 11.5 Å². The summed E-state index contributed by atoms with van der Waals surface area (Å²) < 4.78 is 7.44. The third kappa shape index (κ3) is 2.69. The highest BCUT2D eigenvalue weighted by atomic mass is 79.9. The molecule has 0 N–H and O–H groups in total. The Kier molecular flexibility index (Phi) is 4.87. The predicted molar refractivity (Wildman–Crippen MR) is 143 cm³/mol. The summed E-state index contributed by atoms with van der Waals surface area (Å²) in [4.78, 5) is 57.7. The van der Waals surface area contributed by atoms with Crippen LogP contribution in [0.3, 0.4) is 0 Å². The van der Waals surface area contributed by atoms with Crippen molar-refractivity contribution in [1.29, 1.82) is 0 Å². The van der Waals surface area contributed by atoms with Crippen molar-refractivity contribution in [2.24, 2.45) is 5.41 Å². The number of hydrogen-bond acceptors (Lipinski definition) is 5. The number of carbonyl (C=O) groups excluding carboxylic acids is 4. The van der Waals surface area contributed by atoms with E-state index in [-0.39, 0.29) is 22.3 Å². The summed E-state index contributed by atoms with van der Waals surface area (Å²) in [5.74, 6) is -3.12.